The van der Waals surface area contributed by atoms with Gasteiger partial charge in [0.25, 0.3) is 5.69 Å². The predicted molar refractivity (Wildman–Crippen MR) is 83.3 cm³/mol. The average molecular weight is 293 g/mol. The standard InChI is InChI=1S/C15H23N3O3/c1-11-9-12(2)14(18(20)21)10-13(11)17-15(19)7-5-3-4-6-8-16/h9-10H,3-8,16H2,1-2H3,(H,17,19). The van der Waals surface area contributed by atoms with E-state index in [4.69, 9.17) is 5.73 Å². The van der Waals surface area contributed by atoms with Crippen molar-refractivity contribution in [3.8, 4) is 0 Å². The van der Waals surface area contributed by atoms with Gasteiger partial charge in [0, 0.05) is 18.1 Å². The molecule has 0 atom stereocenters. The van der Waals surface area contributed by atoms with E-state index in [0.717, 1.165) is 31.2 Å². The summed E-state index contributed by atoms with van der Waals surface area (Å²) in [5.41, 5.74) is 7.37. The van der Waals surface area contributed by atoms with E-state index in [2.05, 4.69) is 5.32 Å². The number of carbonyl (C=O) groups is 1. The van der Waals surface area contributed by atoms with Crippen LogP contribution in [0.1, 0.15) is 43.2 Å². The van der Waals surface area contributed by atoms with Crippen LogP contribution in [0, 0.1) is 24.0 Å². The van der Waals surface area contributed by atoms with Crippen LogP contribution >= 0.6 is 0 Å². The summed E-state index contributed by atoms with van der Waals surface area (Å²) in [6.07, 6.45) is 4.20. The molecule has 116 valence electrons. The number of benzene rings is 1. The van der Waals surface area contributed by atoms with E-state index in [1.54, 1.807) is 13.0 Å². The molecule has 0 aliphatic rings. The number of nitro groups is 1. The number of unbranched alkanes of at least 4 members (excludes halogenated alkanes) is 3. The third-order valence-electron chi connectivity index (χ3n) is 3.37. The Hall–Kier alpha value is -1.95. The molecular weight excluding hydrogens is 270 g/mol. The van der Waals surface area contributed by atoms with Crippen LogP contribution in [-0.4, -0.2) is 17.4 Å². The van der Waals surface area contributed by atoms with Crippen molar-refractivity contribution in [2.75, 3.05) is 11.9 Å². The molecule has 1 aromatic rings. The number of hydrogen-bond acceptors (Lipinski definition) is 4. The first kappa shape index (κ1) is 17.1. The molecule has 0 unspecified atom stereocenters. The van der Waals surface area contributed by atoms with Crippen LogP contribution in [0.5, 0.6) is 0 Å². The van der Waals surface area contributed by atoms with Crippen LogP contribution < -0.4 is 11.1 Å². The van der Waals surface area contributed by atoms with Gasteiger partial charge in [-0.05, 0) is 44.9 Å². The first-order chi connectivity index (χ1) is 9.95. The monoisotopic (exact) mass is 293 g/mol. The van der Waals surface area contributed by atoms with Crippen molar-refractivity contribution in [1.82, 2.24) is 0 Å². The smallest absolute Gasteiger partial charge is 0.274 e. The Morgan fingerprint density at radius 3 is 2.48 bits per heavy atom. The molecule has 0 saturated carbocycles. The number of nitro benzene ring substituents is 1. The SMILES string of the molecule is Cc1cc(C)c([N+](=O)[O-])cc1NC(=O)CCCCCCN. The summed E-state index contributed by atoms with van der Waals surface area (Å²) < 4.78 is 0. The van der Waals surface area contributed by atoms with Crippen molar-refractivity contribution in [3.05, 3.63) is 33.4 Å². The zero-order chi connectivity index (χ0) is 15.8. The number of nitrogens with two attached hydrogens (primary N) is 1. The number of nitrogens with zero attached hydrogens (tertiary/aromatic N) is 1. The molecule has 0 aromatic heterocycles. The van der Waals surface area contributed by atoms with Gasteiger partial charge >= 0.3 is 0 Å². The quantitative estimate of drug-likeness (QED) is 0.437. The molecule has 0 fully saturated rings. The Morgan fingerprint density at radius 1 is 1.19 bits per heavy atom. The van der Waals surface area contributed by atoms with Gasteiger partial charge in [-0.3, -0.25) is 14.9 Å². The number of nitrogens with one attached hydrogen (secondary N) is 1. The second-order valence-electron chi connectivity index (χ2n) is 5.21. The fraction of sp³-hybridized carbons (Fsp3) is 0.533. The Bertz CT molecular complexity index is 515. The fourth-order valence-electron chi connectivity index (χ4n) is 2.17. The maximum atomic E-state index is 11.9. The lowest BCUT2D eigenvalue weighted by atomic mass is 10.1. The van der Waals surface area contributed by atoms with Crippen LogP contribution in [0.15, 0.2) is 12.1 Å². The summed E-state index contributed by atoms with van der Waals surface area (Å²) in [5, 5.41) is 13.7. The zero-order valence-corrected chi connectivity index (χ0v) is 12.6. The third-order valence-corrected chi connectivity index (χ3v) is 3.37. The van der Waals surface area contributed by atoms with Gasteiger partial charge in [0.15, 0.2) is 0 Å². The lowest BCUT2D eigenvalue weighted by molar-refractivity contribution is -0.385. The molecule has 0 saturated heterocycles. The highest BCUT2D eigenvalue weighted by atomic mass is 16.6. The molecule has 0 aliphatic carbocycles. The van der Waals surface area contributed by atoms with Crippen molar-refractivity contribution in [1.29, 1.82) is 0 Å². The van der Waals surface area contributed by atoms with E-state index in [1.165, 1.54) is 6.07 Å². The van der Waals surface area contributed by atoms with Crippen LogP contribution in [0.25, 0.3) is 0 Å². The third kappa shape index (κ3) is 5.51. The van der Waals surface area contributed by atoms with E-state index in [1.807, 2.05) is 6.92 Å². The van der Waals surface area contributed by atoms with Gasteiger partial charge in [-0.1, -0.05) is 12.8 Å². The van der Waals surface area contributed by atoms with E-state index in [-0.39, 0.29) is 11.6 Å². The number of hydrogen-bond donors (Lipinski definition) is 2. The first-order valence-corrected chi connectivity index (χ1v) is 7.21. The van der Waals surface area contributed by atoms with Crippen molar-refractivity contribution < 1.29 is 9.72 Å². The molecular formula is C15H23N3O3. The Balaban J connectivity index is 2.59. The number of amides is 1. The first-order valence-electron chi connectivity index (χ1n) is 7.21. The largest absolute Gasteiger partial charge is 0.330 e. The van der Waals surface area contributed by atoms with E-state index >= 15 is 0 Å². The maximum absolute atomic E-state index is 11.9. The molecule has 1 amide bonds. The van der Waals surface area contributed by atoms with Gasteiger partial charge in [0.1, 0.15) is 0 Å². The molecule has 6 nitrogen and oxygen atoms in total. The summed E-state index contributed by atoms with van der Waals surface area (Å²) >= 11 is 0. The second kappa shape index (κ2) is 8.36. The fourth-order valence-corrected chi connectivity index (χ4v) is 2.17. The van der Waals surface area contributed by atoms with Gasteiger partial charge in [-0.25, -0.2) is 0 Å². The van der Waals surface area contributed by atoms with Gasteiger partial charge < -0.3 is 11.1 Å². The van der Waals surface area contributed by atoms with Gasteiger partial charge in [-0.2, -0.15) is 0 Å². The minimum Gasteiger partial charge on any atom is -0.330 e. The molecule has 3 N–H and O–H groups in total. The van der Waals surface area contributed by atoms with E-state index in [0.29, 0.717) is 24.2 Å². The van der Waals surface area contributed by atoms with Crippen molar-refractivity contribution in [2.45, 2.75) is 46.0 Å². The molecule has 0 aliphatic heterocycles. The lowest BCUT2D eigenvalue weighted by Gasteiger charge is -2.09. The molecule has 0 heterocycles. The van der Waals surface area contributed by atoms with E-state index in [9.17, 15) is 14.9 Å². The average Bonchev–Trinajstić information content (AvgIpc) is 2.41. The Morgan fingerprint density at radius 2 is 1.86 bits per heavy atom. The van der Waals surface area contributed by atoms with Gasteiger partial charge in [-0.15, -0.1) is 0 Å². The van der Waals surface area contributed by atoms with Crippen LogP contribution in [-0.2, 0) is 4.79 Å². The maximum Gasteiger partial charge on any atom is 0.274 e. The zero-order valence-electron chi connectivity index (χ0n) is 12.6. The van der Waals surface area contributed by atoms with Gasteiger partial charge in [0.2, 0.25) is 5.91 Å². The number of carbonyl (C=O) groups excluding carboxylic acids is 1. The second-order valence-corrected chi connectivity index (χ2v) is 5.21. The Kier molecular flexibility index (Phi) is 6.81. The summed E-state index contributed by atoms with van der Waals surface area (Å²) in [6, 6.07) is 3.14. The summed E-state index contributed by atoms with van der Waals surface area (Å²) in [4.78, 5) is 22.4. The number of aryl methyl sites for hydroxylation is 2. The summed E-state index contributed by atoms with van der Waals surface area (Å²) in [5.74, 6) is -0.107. The molecule has 0 radical (unpaired) electrons. The highest BCUT2D eigenvalue weighted by molar-refractivity contribution is 5.92. The van der Waals surface area contributed by atoms with Crippen LogP contribution in [0.4, 0.5) is 11.4 Å². The summed E-state index contributed by atoms with van der Waals surface area (Å²) in [6.45, 7) is 4.19. The Labute approximate surface area is 124 Å². The topological polar surface area (TPSA) is 98.3 Å². The molecule has 0 spiro atoms. The van der Waals surface area contributed by atoms with Crippen LogP contribution in [0.3, 0.4) is 0 Å². The highest BCUT2D eigenvalue weighted by Gasteiger charge is 2.14. The molecule has 6 heteroatoms. The highest BCUT2D eigenvalue weighted by Crippen LogP contribution is 2.26. The van der Waals surface area contributed by atoms with Crippen LogP contribution in [0.2, 0.25) is 0 Å². The summed E-state index contributed by atoms with van der Waals surface area (Å²) in [7, 11) is 0. The van der Waals surface area contributed by atoms with Gasteiger partial charge in [0.05, 0.1) is 10.6 Å². The normalized spacial score (nSPS) is 10.4. The molecule has 1 aromatic carbocycles. The molecule has 21 heavy (non-hydrogen) atoms. The number of rotatable bonds is 8. The minimum absolute atomic E-state index is 0.0267. The molecule has 1 rings (SSSR count). The number of anilines is 1. The minimum atomic E-state index is -0.433. The lowest BCUT2D eigenvalue weighted by Crippen LogP contribution is -2.12. The van der Waals surface area contributed by atoms with Crippen molar-refractivity contribution >= 4 is 17.3 Å². The van der Waals surface area contributed by atoms with E-state index < -0.39 is 4.92 Å². The predicted octanol–water partition coefficient (Wildman–Crippen LogP) is 3.06. The van der Waals surface area contributed by atoms with Crippen molar-refractivity contribution in [2.24, 2.45) is 5.73 Å². The van der Waals surface area contributed by atoms with Crippen molar-refractivity contribution in [3.63, 3.8) is 0 Å². The molecule has 0 bridgehead atoms.